The summed E-state index contributed by atoms with van der Waals surface area (Å²) in [6.45, 7) is 13.4. The van der Waals surface area contributed by atoms with Gasteiger partial charge in [0.25, 0.3) is 5.56 Å². The minimum absolute atomic E-state index is 0.0886. The molecule has 0 bridgehead atoms. The molecule has 2 heteroatoms. The Morgan fingerprint density at radius 1 is 1.05 bits per heavy atom. The first kappa shape index (κ1) is 15.7. The van der Waals surface area contributed by atoms with E-state index < -0.39 is 0 Å². The Labute approximate surface area is 120 Å². The van der Waals surface area contributed by atoms with E-state index in [2.05, 4.69) is 18.1 Å². The number of H-pyrrole nitrogens is 1. The zero-order valence-corrected chi connectivity index (χ0v) is 12.4. The molecule has 1 aromatic heterocycles. The summed E-state index contributed by atoms with van der Waals surface area (Å²) in [4.78, 5) is 14.7. The lowest BCUT2D eigenvalue weighted by molar-refractivity contribution is 1.16. The van der Waals surface area contributed by atoms with Gasteiger partial charge in [-0.25, -0.2) is 0 Å². The van der Waals surface area contributed by atoms with Crippen LogP contribution in [0.5, 0.6) is 0 Å². The Morgan fingerprint density at radius 3 is 2.15 bits per heavy atom. The molecule has 2 rings (SSSR count). The normalized spacial score (nSPS) is 9.35. The highest BCUT2D eigenvalue weighted by atomic mass is 16.1. The molecule has 20 heavy (non-hydrogen) atoms. The molecular weight excluding hydrogens is 246 g/mol. The minimum atomic E-state index is -0.0886. The monoisotopic (exact) mass is 267 g/mol. The minimum Gasteiger partial charge on any atom is -0.322 e. The highest BCUT2D eigenvalue weighted by Crippen LogP contribution is 2.28. The van der Waals surface area contributed by atoms with Crippen LogP contribution < -0.4 is 5.56 Å². The molecule has 0 saturated heterocycles. The van der Waals surface area contributed by atoms with Crippen LogP contribution in [0.3, 0.4) is 0 Å². The van der Waals surface area contributed by atoms with Crippen molar-refractivity contribution in [2.45, 2.75) is 20.8 Å². The van der Waals surface area contributed by atoms with E-state index in [1.807, 2.05) is 51.1 Å². The number of rotatable bonds is 3. The standard InChI is InChI=1S/C16H15NO.C2H6/c1-4-13-14(5-2)17-16(18)11(3)15(13)12-9-7-6-8-10-12;1-2/h4-10H,1-2H2,3H3,(H,17,18);1-2H3. The van der Waals surface area contributed by atoms with E-state index in [0.717, 1.165) is 16.7 Å². The van der Waals surface area contributed by atoms with Crippen molar-refractivity contribution in [1.82, 2.24) is 4.98 Å². The SMILES string of the molecule is C=Cc1[nH]c(=O)c(C)c(-c2ccccc2)c1C=C.CC. The third kappa shape index (κ3) is 2.97. The molecule has 0 aliphatic carbocycles. The lowest BCUT2D eigenvalue weighted by Gasteiger charge is -2.12. The fraction of sp³-hybridized carbons (Fsp3) is 0.167. The van der Waals surface area contributed by atoms with E-state index in [9.17, 15) is 4.79 Å². The first-order valence-electron chi connectivity index (χ1n) is 6.76. The molecular formula is C18H21NO. The van der Waals surface area contributed by atoms with Crippen LogP contribution in [0.4, 0.5) is 0 Å². The number of aromatic amines is 1. The van der Waals surface area contributed by atoms with E-state index in [1.165, 1.54) is 0 Å². The van der Waals surface area contributed by atoms with Gasteiger partial charge in [0, 0.05) is 16.8 Å². The second-order valence-electron chi connectivity index (χ2n) is 4.06. The zero-order valence-electron chi connectivity index (χ0n) is 12.4. The maximum absolute atomic E-state index is 11.9. The third-order valence-corrected chi connectivity index (χ3v) is 2.99. The fourth-order valence-corrected chi connectivity index (χ4v) is 2.08. The van der Waals surface area contributed by atoms with Crippen molar-refractivity contribution in [1.29, 1.82) is 0 Å². The number of benzene rings is 1. The number of hydrogen-bond donors (Lipinski definition) is 1. The van der Waals surface area contributed by atoms with Crippen LogP contribution in [0.2, 0.25) is 0 Å². The van der Waals surface area contributed by atoms with Gasteiger partial charge < -0.3 is 4.98 Å². The van der Waals surface area contributed by atoms with E-state index >= 15 is 0 Å². The van der Waals surface area contributed by atoms with Crippen LogP contribution in [0.25, 0.3) is 23.3 Å². The summed E-state index contributed by atoms with van der Waals surface area (Å²) >= 11 is 0. The molecule has 0 fully saturated rings. The van der Waals surface area contributed by atoms with Gasteiger partial charge in [-0.15, -0.1) is 0 Å². The van der Waals surface area contributed by atoms with Crippen molar-refractivity contribution in [2.24, 2.45) is 0 Å². The van der Waals surface area contributed by atoms with E-state index in [4.69, 9.17) is 0 Å². The van der Waals surface area contributed by atoms with Crippen LogP contribution in [0.15, 0.2) is 48.3 Å². The fourth-order valence-electron chi connectivity index (χ4n) is 2.08. The summed E-state index contributed by atoms with van der Waals surface area (Å²) in [6, 6.07) is 9.84. The average molecular weight is 267 g/mol. The van der Waals surface area contributed by atoms with Crippen LogP contribution in [-0.2, 0) is 0 Å². The number of aromatic nitrogens is 1. The number of nitrogens with one attached hydrogen (secondary N) is 1. The van der Waals surface area contributed by atoms with Gasteiger partial charge in [0.1, 0.15) is 0 Å². The summed E-state index contributed by atoms with van der Waals surface area (Å²) in [5, 5.41) is 0. The molecule has 0 amide bonds. The molecule has 0 unspecified atom stereocenters. The van der Waals surface area contributed by atoms with Gasteiger partial charge in [-0.05, 0) is 24.1 Å². The van der Waals surface area contributed by atoms with Crippen LogP contribution in [-0.4, -0.2) is 4.98 Å². The van der Waals surface area contributed by atoms with Gasteiger partial charge in [-0.3, -0.25) is 4.79 Å². The van der Waals surface area contributed by atoms with Crippen molar-refractivity contribution in [2.75, 3.05) is 0 Å². The second-order valence-corrected chi connectivity index (χ2v) is 4.06. The van der Waals surface area contributed by atoms with Crippen molar-refractivity contribution < 1.29 is 0 Å². The van der Waals surface area contributed by atoms with E-state index in [1.54, 1.807) is 12.2 Å². The van der Waals surface area contributed by atoms with Crippen LogP contribution >= 0.6 is 0 Å². The summed E-state index contributed by atoms with van der Waals surface area (Å²) in [6.07, 6.45) is 3.40. The largest absolute Gasteiger partial charge is 0.322 e. The quantitative estimate of drug-likeness (QED) is 0.861. The van der Waals surface area contributed by atoms with Gasteiger partial charge in [-0.1, -0.05) is 63.4 Å². The van der Waals surface area contributed by atoms with Crippen molar-refractivity contribution in [3.05, 3.63) is 70.7 Å². The highest BCUT2D eigenvalue weighted by Gasteiger charge is 2.12. The summed E-state index contributed by atoms with van der Waals surface area (Å²) in [7, 11) is 0. The Morgan fingerprint density at radius 2 is 1.65 bits per heavy atom. The number of pyridine rings is 1. The lowest BCUT2D eigenvalue weighted by atomic mass is 9.95. The molecule has 1 heterocycles. The molecule has 2 nitrogen and oxygen atoms in total. The molecule has 104 valence electrons. The Hall–Kier alpha value is -2.35. The first-order valence-corrected chi connectivity index (χ1v) is 6.76. The molecule has 0 atom stereocenters. The van der Waals surface area contributed by atoms with Crippen LogP contribution in [0, 0.1) is 6.92 Å². The zero-order chi connectivity index (χ0) is 15.1. The van der Waals surface area contributed by atoms with Crippen molar-refractivity contribution >= 4 is 12.2 Å². The van der Waals surface area contributed by atoms with Gasteiger partial charge in [0.2, 0.25) is 0 Å². The third-order valence-electron chi connectivity index (χ3n) is 2.99. The summed E-state index contributed by atoms with van der Waals surface area (Å²) < 4.78 is 0. The lowest BCUT2D eigenvalue weighted by Crippen LogP contribution is -2.14. The molecule has 2 aromatic rings. The van der Waals surface area contributed by atoms with E-state index in [-0.39, 0.29) is 5.56 Å². The van der Waals surface area contributed by atoms with Gasteiger partial charge in [-0.2, -0.15) is 0 Å². The second kappa shape index (κ2) is 7.29. The Bertz CT molecular complexity index is 651. The highest BCUT2D eigenvalue weighted by molar-refractivity contribution is 5.81. The van der Waals surface area contributed by atoms with Crippen molar-refractivity contribution in [3.8, 4) is 11.1 Å². The van der Waals surface area contributed by atoms with Gasteiger partial charge in [0.15, 0.2) is 0 Å². The van der Waals surface area contributed by atoms with E-state index in [0.29, 0.717) is 11.3 Å². The summed E-state index contributed by atoms with van der Waals surface area (Å²) in [5.74, 6) is 0. The van der Waals surface area contributed by atoms with Crippen molar-refractivity contribution in [3.63, 3.8) is 0 Å². The molecule has 0 radical (unpaired) electrons. The summed E-state index contributed by atoms with van der Waals surface area (Å²) in [5.41, 5.74) is 4.16. The predicted molar refractivity (Wildman–Crippen MR) is 88.8 cm³/mol. The first-order chi connectivity index (χ1) is 9.69. The molecule has 1 N–H and O–H groups in total. The van der Waals surface area contributed by atoms with Gasteiger partial charge >= 0.3 is 0 Å². The smallest absolute Gasteiger partial charge is 0.251 e. The van der Waals surface area contributed by atoms with Gasteiger partial charge in [0.05, 0.1) is 0 Å². The molecule has 0 saturated carbocycles. The number of hydrogen-bond acceptors (Lipinski definition) is 1. The Kier molecular flexibility index (Phi) is 5.73. The predicted octanol–water partition coefficient (Wildman–Crippen LogP) is 4.66. The molecule has 0 aliphatic rings. The molecule has 0 aliphatic heterocycles. The molecule has 1 aromatic carbocycles. The Balaban J connectivity index is 0.000000956. The average Bonchev–Trinajstić information content (AvgIpc) is 2.52. The maximum Gasteiger partial charge on any atom is 0.251 e. The topological polar surface area (TPSA) is 32.9 Å². The van der Waals surface area contributed by atoms with Crippen LogP contribution in [0.1, 0.15) is 30.7 Å². The molecule has 0 spiro atoms. The maximum atomic E-state index is 11.9.